The number of hydrogen-bond acceptors (Lipinski definition) is 3. The van der Waals surface area contributed by atoms with Gasteiger partial charge in [-0.15, -0.1) is 11.3 Å². The maximum absolute atomic E-state index is 5.35. The van der Waals surface area contributed by atoms with Crippen molar-refractivity contribution in [1.82, 2.24) is 4.98 Å². The third-order valence-electron chi connectivity index (χ3n) is 3.51. The van der Waals surface area contributed by atoms with Crippen LogP contribution in [0.3, 0.4) is 0 Å². The number of nitrogens with zero attached hydrogens (tertiary/aromatic N) is 1. The summed E-state index contributed by atoms with van der Waals surface area (Å²) in [6, 6.07) is 7.92. The quantitative estimate of drug-likeness (QED) is 0.729. The number of benzene rings is 1. The fraction of sp³-hybridized carbons (Fsp3) is 0.333. The smallest absolute Gasteiger partial charge is 0.189 e. The molecule has 1 atom stereocenters. The molecule has 0 radical (unpaired) electrons. The van der Waals surface area contributed by atoms with Gasteiger partial charge in [-0.25, -0.2) is 4.98 Å². The number of fused-ring (bicyclic) bond motifs is 1. The fourth-order valence-electron chi connectivity index (χ4n) is 2.39. The molecule has 110 valence electrons. The molecule has 2 aromatic rings. The van der Waals surface area contributed by atoms with E-state index in [-0.39, 0.29) is 0 Å². The molecule has 2 N–H and O–H groups in total. The summed E-state index contributed by atoms with van der Waals surface area (Å²) in [6.45, 7) is 2.30. The molecular weight excluding hydrogens is 366 g/mol. The molecule has 21 heavy (non-hydrogen) atoms. The summed E-state index contributed by atoms with van der Waals surface area (Å²) in [5.74, 6) is 0.763. The number of hydrogen-bond donors (Lipinski definition) is 2. The third-order valence-corrected chi connectivity index (χ3v) is 5.28. The Morgan fingerprint density at radius 1 is 1.33 bits per heavy atom. The van der Waals surface area contributed by atoms with Crippen LogP contribution in [-0.2, 0) is 12.8 Å². The molecule has 0 amide bonds. The monoisotopic (exact) mass is 381 g/mol. The second-order valence-corrected chi connectivity index (χ2v) is 7.73. The Bertz CT molecular complexity index is 651. The molecular formula is C15H16BrN3S2. The van der Waals surface area contributed by atoms with Crippen LogP contribution >= 0.6 is 39.5 Å². The molecule has 0 fully saturated rings. The zero-order chi connectivity index (χ0) is 14.8. The first-order valence-corrected chi connectivity index (χ1v) is 8.94. The Hall–Kier alpha value is -0.980. The lowest BCUT2D eigenvalue weighted by Crippen LogP contribution is -2.18. The molecule has 1 aliphatic rings. The van der Waals surface area contributed by atoms with Crippen LogP contribution in [0.4, 0.5) is 10.8 Å². The van der Waals surface area contributed by atoms with Gasteiger partial charge >= 0.3 is 0 Å². The van der Waals surface area contributed by atoms with Gasteiger partial charge in [0.25, 0.3) is 0 Å². The van der Waals surface area contributed by atoms with E-state index in [9.17, 15) is 0 Å². The van der Waals surface area contributed by atoms with Crippen molar-refractivity contribution in [3.05, 3.63) is 39.3 Å². The van der Waals surface area contributed by atoms with Crippen LogP contribution in [-0.4, -0.2) is 10.1 Å². The Kier molecular flexibility index (Phi) is 4.57. The van der Waals surface area contributed by atoms with Crippen LogP contribution < -0.4 is 10.6 Å². The summed E-state index contributed by atoms with van der Waals surface area (Å²) >= 11 is 10.5. The Balaban J connectivity index is 1.64. The Morgan fingerprint density at radius 2 is 2.10 bits per heavy atom. The summed E-state index contributed by atoms with van der Waals surface area (Å²) in [6.07, 6.45) is 3.46. The first-order valence-electron chi connectivity index (χ1n) is 6.92. The van der Waals surface area contributed by atoms with Crippen molar-refractivity contribution < 1.29 is 0 Å². The Labute approximate surface area is 142 Å². The van der Waals surface area contributed by atoms with E-state index in [1.54, 1.807) is 11.3 Å². The van der Waals surface area contributed by atoms with Gasteiger partial charge in [0.15, 0.2) is 10.2 Å². The highest BCUT2D eigenvalue weighted by Gasteiger charge is 2.19. The van der Waals surface area contributed by atoms with E-state index in [2.05, 4.69) is 38.5 Å². The van der Waals surface area contributed by atoms with Crippen molar-refractivity contribution in [1.29, 1.82) is 0 Å². The van der Waals surface area contributed by atoms with Crippen LogP contribution in [0.1, 0.15) is 23.9 Å². The van der Waals surface area contributed by atoms with Gasteiger partial charge in [0.1, 0.15) is 0 Å². The maximum atomic E-state index is 5.35. The van der Waals surface area contributed by atoms with Crippen molar-refractivity contribution in [2.45, 2.75) is 26.2 Å². The van der Waals surface area contributed by atoms with E-state index in [0.29, 0.717) is 5.11 Å². The molecule has 0 aliphatic heterocycles. The second-order valence-electron chi connectivity index (χ2n) is 5.32. The van der Waals surface area contributed by atoms with Crippen LogP contribution in [0, 0.1) is 5.92 Å². The van der Waals surface area contributed by atoms with Gasteiger partial charge in [-0.1, -0.05) is 22.9 Å². The van der Waals surface area contributed by atoms with Crippen molar-refractivity contribution in [3.8, 4) is 0 Å². The molecule has 1 aromatic heterocycles. The van der Waals surface area contributed by atoms with Gasteiger partial charge in [-0.2, -0.15) is 0 Å². The van der Waals surface area contributed by atoms with Gasteiger partial charge < -0.3 is 10.6 Å². The third kappa shape index (κ3) is 3.81. The Morgan fingerprint density at radius 3 is 2.86 bits per heavy atom. The van der Waals surface area contributed by atoms with E-state index in [0.717, 1.165) is 34.1 Å². The van der Waals surface area contributed by atoms with Gasteiger partial charge in [-0.3, -0.25) is 0 Å². The van der Waals surface area contributed by atoms with Gasteiger partial charge in [0.05, 0.1) is 5.69 Å². The lowest BCUT2D eigenvalue weighted by atomic mass is 9.93. The lowest BCUT2D eigenvalue weighted by molar-refractivity contribution is 0.502. The van der Waals surface area contributed by atoms with E-state index in [1.807, 2.05) is 24.3 Å². The molecule has 1 heterocycles. The zero-order valence-corrected chi connectivity index (χ0v) is 14.9. The number of thiazole rings is 1. The molecule has 3 rings (SSSR count). The van der Waals surface area contributed by atoms with Crippen LogP contribution in [0.15, 0.2) is 28.7 Å². The van der Waals surface area contributed by atoms with E-state index >= 15 is 0 Å². The number of anilines is 2. The van der Waals surface area contributed by atoms with Crippen molar-refractivity contribution in [2.24, 2.45) is 5.92 Å². The van der Waals surface area contributed by atoms with Gasteiger partial charge in [0, 0.05) is 15.0 Å². The highest BCUT2D eigenvalue weighted by molar-refractivity contribution is 9.10. The largest absolute Gasteiger partial charge is 0.332 e. The van der Waals surface area contributed by atoms with E-state index in [1.165, 1.54) is 17.0 Å². The highest BCUT2D eigenvalue weighted by atomic mass is 79.9. The van der Waals surface area contributed by atoms with Crippen LogP contribution in [0.2, 0.25) is 0 Å². The zero-order valence-electron chi connectivity index (χ0n) is 11.6. The molecule has 0 saturated carbocycles. The molecule has 1 aromatic carbocycles. The van der Waals surface area contributed by atoms with Crippen molar-refractivity contribution in [2.75, 3.05) is 10.6 Å². The average Bonchev–Trinajstić information content (AvgIpc) is 2.82. The lowest BCUT2D eigenvalue weighted by Gasteiger charge is -2.15. The maximum Gasteiger partial charge on any atom is 0.189 e. The summed E-state index contributed by atoms with van der Waals surface area (Å²) in [5, 5.41) is 7.84. The highest BCUT2D eigenvalue weighted by Crippen LogP contribution is 2.32. The van der Waals surface area contributed by atoms with Gasteiger partial charge in [-0.05, 0) is 61.7 Å². The summed E-state index contributed by atoms with van der Waals surface area (Å²) < 4.78 is 1.05. The summed E-state index contributed by atoms with van der Waals surface area (Å²) in [5.41, 5.74) is 2.21. The molecule has 0 saturated heterocycles. The summed E-state index contributed by atoms with van der Waals surface area (Å²) in [7, 11) is 0. The minimum Gasteiger partial charge on any atom is -0.332 e. The van der Waals surface area contributed by atoms with E-state index < -0.39 is 0 Å². The molecule has 3 nitrogen and oxygen atoms in total. The predicted octanol–water partition coefficient (Wildman–Crippen LogP) is 4.84. The number of aromatic nitrogens is 1. The molecule has 6 heteroatoms. The molecule has 1 aliphatic carbocycles. The number of nitrogens with one attached hydrogen (secondary N) is 2. The van der Waals surface area contributed by atoms with E-state index in [4.69, 9.17) is 12.2 Å². The topological polar surface area (TPSA) is 37.0 Å². The minimum atomic E-state index is 0.580. The molecule has 1 unspecified atom stereocenters. The minimum absolute atomic E-state index is 0.580. The number of rotatable bonds is 2. The predicted molar refractivity (Wildman–Crippen MR) is 97.3 cm³/mol. The summed E-state index contributed by atoms with van der Waals surface area (Å²) in [4.78, 5) is 6.06. The second kappa shape index (κ2) is 6.42. The first-order chi connectivity index (χ1) is 10.1. The van der Waals surface area contributed by atoms with Crippen molar-refractivity contribution in [3.63, 3.8) is 0 Å². The normalized spacial score (nSPS) is 17.1. The van der Waals surface area contributed by atoms with Crippen molar-refractivity contribution >= 4 is 55.4 Å². The average molecular weight is 382 g/mol. The molecule has 0 spiro atoms. The first kappa shape index (κ1) is 14.9. The number of thiocarbonyl (C=S) groups is 1. The SMILES string of the molecule is CC1CCc2nc(NC(=S)Nc3ccc(Br)cc3)sc2C1. The van der Waals surface area contributed by atoms with Crippen LogP contribution in [0.5, 0.6) is 0 Å². The fourth-order valence-corrected chi connectivity index (χ4v) is 4.11. The number of aryl methyl sites for hydroxylation is 1. The number of halogens is 1. The molecule has 0 bridgehead atoms. The van der Waals surface area contributed by atoms with Crippen LogP contribution in [0.25, 0.3) is 0 Å². The standard InChI is InChI=1S/C15H16BrN3S2/c1-9-2-7-12-13(8-9)21-15(18-12)19-14(20)17-11-5-3-10(16)4-6-11/h3-6,9H,2,7-8H2,1H3,(H2,17,18,19,20). The van der Waals surface area contributed by atoms with Gasteiger partial charge in [0.2, 0.25) is 0 Å².